The molecule has 76 valence electrons. The lowest BCUT2D eigenvalue weighted by Crippen LogP contribution is -2.34. The fourth-order valence-corrected chi connectivity index (χ4v) is 0.814. The standard InChI is InChI=1S/C7H15NO2.CHNO/c1-5(2)4-6(8-3)7(9)10;2-1-3/h5-6,8H,4H2,1-3H3,(H,9,10);2H/t6-;/m0./s1. The number of rotatable bonds is 4. The van der Waals surface area contributed by atoms with E-state index >= 15 is 0 Å². The zero-order chi connectivity index (χ0) is 10.9. The smallest absolute Gasteiger partial charge is 0.320 e. The first-order valence-electron chi connectivity index (χ1n) is 3.93. The van der Waals surface area contributed by atoms with Crippen LogP contribution in [-0.4, -0.2) is 30.2 Å². The number of hydrogen-bond acceptors (Lipinski definition) is 4. The van der Waals surface area contributed by atoms with Crippen LogP contribution in [0.25, 0.3) is 0 Å². The largest absolute Gasteiger partial charge is 0.480 e. The van der Waals surface area contributed by atoms with Gasteiger partial charge in [0.25, 0.3) is 0 Å². The highest BCUT2D eigenvalue weighted by molar-refractivity contribution is 5.73. The summed E-state index contributed by atoms with van der Waals surface area (Å²) < 4.78 is 0. The van der Waals surface area contributed by atoms with Crippen molar-refractivity contribution in [2.45, 2.75) is 26.3 Å². The molecule has 0 saturated heterocycles. The monoisotopic (exact) mass is 188 g/mol. The minimum atomic E-state index is -0.767. The van der Waals surface area contributed by atoms with Crippen molar-refractivity contribution in [2.75, 3.05) is 7.05 Å². The van der Waals surface area contributed by atoms with Gasteiger partial charge in [-0.05, 0) is 19.4 Å². The normalized spacial score (nSPS) is 11.1. The van der Waals surface area contributed by atoms with Crippen LogP contribution < -0.4 is 5.32 Å². The van der Waals surface area contributed by atoms with Crippen LogP contribution >= 0.6 is 0 Å². The number of carbonyl (C=O) groups is 1. The van der Waals surface area contributed by atoms with Crippen LogP contribution in [0.2, 0.25) is 0 Å². The van der Waals surface area contributed by atoms with Gasteiger partial charge >= 0.3 is 5.97 Å². The molecule has 5 heteroatoms. The number of nitrogens with one attached hydrogen (secondary N) is 2. The van der Waals surface area contributed by atoms with Crippen molar-refractivity contribution in [3.8, 4) is 0 Å². The number of likely N-dealkylation sites (N-methyl/N-ethyl adjacent to an activating group) is 1. The molecule has 0 aromatic heterocycles. The minimum Gasteiger partial charge on any atom is -0.480 e. The fourth-order valence-electron chi connectivity index (χ4n) is 0.814. The molecular formula is C8H16N2O3. The molecule has 1 atom stereocenters. The Morgan fingerprint density at radius 1 is 1.62 bits per heavy atom. The van der Waals surface area contributed by atoms with E-state index in [1.807, 2.05) is 13.8 Å². The van der Waals surface area contributed by atoms with Crippen LogP contribution in [0.1, 0.15) is 20.3 Å². The number of carboxylic acids is 1. The first-order valence-corrected chi connectivity index (χ1v) is 3.93. The maximum atomic E-state index is 10.4. The van der Waals surface area contributed by atoms with Gasteiger partial charge in [-0.2, -0.15) is 0 Å². The van der Waals surface area contributed by atoms with Gasteiger partial charge in [0.15, 0.2) is 0 Å². The van der Waals surface area contributed by atoms with Gasteiger partial charge in [-0.15, -0.1) is 0 Å². The minimum absolute atomic E-state index is 0.389. The molecular weight excluding hydrogens is 172 g/mol. The fraction of sp³-hybridized carbons (Fsp3) is 0.750. The van der Waals surface area contributed by atoms with E-state index in [9.17, 15) is 4.79 Å². The van der Waals surface area contributed by atoms with Crippen molar-refractivity contribution in [2.24, 2.45) is 5.92 Å². The molecule has 0 saturated carbocycles. The van der Waals surface area contributed by atoms with Crippen LogP contribution in [-0.2, 0) is 9.59 Å². The summed E-state index contributed by atoms with van der Waals surface area (Å²) in [6.45, 7) is 4.01. The van der Waals surface area contributed by atoms with Crippen molar-refractivity contribution in [3.05, 3.63) is 0 Å². The van der Waals surface area contributed by atoms with E-state index in [-0.39, 0.29) is 6.04 Å². The zero-order valence-electron chi connectivity index (χ0n) is 8.13. The summed E-state index contributed by atoms with van der Waals surface area (Å²) in [7, 11) is 1.67. The maximum absolute atomic E-state index is 10.4. The Hall–Kier alpha value is -1.19. The Morgan fingerprint density at radius 2 is 2.00 bits per heavy atom. The summed E-state index contributed by atoms with van der Waals surface area (Å²) in [4.78, 5) is 18.8. The summed E-state index contributed by atoms with van der Waals surface area (Å²) in [6, 6.07) is -0.389. The van der Waals surface area contributed by atoms with Gasteiger partial charge in [-0.1, -0.05) is 13.8 Å². The lowest BCUT2D eigenvalue weighted by molar-refractivity contribution is -0.139. The Kier molecular flexibility index (Phi) is 9.82. The number of isocyanates is 1. The summed E-state index contributed by atoms with van der Waals surface area (Å²) in [5.74, 6) is -0.343. The van der Waals surface area contributed by atoms with E-state index in [0.717, 1.165) is 6.08 Å². The molecule has 0 heterocycles. The second-order valence-corrected chi connectivity index (χ2v) is 2.91. The second-order valence-electron chi connectivity index (χ2n) is 2.91. The lowest BCUT2D eigenvalue weighted by Gasteiger charge is -2.12. The predicted octanol–water partition coefficient (Wildman–Crippen LogP) is 0.606. The molecule has 0 amide bonds. The molecule has 0 radical (unpaired) electrons. The van der Waals surface area contributed by atoms with Crippen LogP contribution in [0.4, 0.5) is 0 Å². The quantitative estimate of drug-likeness (QED) is 0.445. The molecule has 0 aromatic rings. The van der Waals surface area contributed by atoms with E-state index in [1.165, 1.54) is 0 Å². The first kappa shape index (κ1) is 14.3. The van der Waals surface area contributed by atoms with E-state index in [0.29, 0.717) is 12.3 Å². The second kappa shape index (κ2) is 8.90. The van der Waals surface area contributed by atoms with Crippen LogP contribution in [0, 0.1) is 11.3 Å². The number of carboxylic acid groups (broad SMARTS) is 1. The van der Waals surface area contributed by atoms with Gasteiger partial charge in [0, 0.05) is 0 Å². The number of aliphatic carboxylic acids is 1. The highest BCUT2D eigenvalue weighted by Gasteiger charge is 2.15. The molecule has 13 heavy (non-hydrogen) atoms. The van der Waals surface area contributed by atoms with Gasteiger partial charge in [-0.25, -0.2) is 10.2 Å². The number of carbonyl (C=O) groups excluding carboxylic acids is 1. The SMILES string of the molecule is CN[C@@H](CC(C)C)C(=O)O.N=C=O. The highest BCUT2D eigenvalue weighted by Crippen LogP contribution is 2.03. The Balaban J connectivity index is 0. The van der Waals surface area contributed by atoms with Crippen molar-refractivity contribution in [1.29, 1.82) is 5.41 Å². The molecule has 0 unspecified atom stereocenters. The van der Waals surface area contributed by atoms with E-state index in [2.05, 4.69) is 5.32 Å². The van der Waals surface area contributed by atoms with Crippen LogP contribution in [0.5, 0.6) is 0 Å². The molecule has 0 fully saturated rings. The average molecular weight is 188 g/mol. The lowest BCUT2D eigenvalue weighted by atomic mass is 10.0. The topological polar surface area (TPSA) is 90.2 Å². The van der Waals surface area contributed by atoms with Gasteiger partial charge in [-0.3, -0.25) is 4.79 Å². The molecule has 3 N–H and O–H groups in total. The zero-order valence-corrected chi connectivity index (χ0v) is 8.13. The third-order valence-electron chi connectivity index (χ3n) is 1.35. The molecule has 0 rings (SSSR count). The summed E-state index contributed by atoms with van der Waals surface area (Å²) in [6.07, 6.45) is 1.44. The van der Waals surface area contributed by atoms with Gasteiger partial charge in [0.1, 0.15) is 6.04 Å². The predicted molar refractivity (Wildman–Crippen MR) is 48.4 cm³/mol. The summed E-state index contributed by atoms with van der Waals surface area (Å²) in [5, 5.41) is 16.7. The van der Waals surface area contributed by atoms with Gasteiger partial charge in [0.2, 0.25) is 6.08 Å². The average Bonchev–Trinajstić information content (AvgIpc) is 2.00. The third kappa shape index (κ3) is 10.8. The first-order chi connectivity index (χ1) is 5.99. The van der Waals surface area contributed by atoms with Crippen molar-refractivity contribution < 1.29 is 14.7 Å². The highest BCUT2D eigenvalue weighted by atomic mass is 16.4. The Labute approximate surface area is 77.7 Å². The molecule has 0 bridgehead atoms. The van der Waals surface area contributed by atoms with E-state index < -0.39 is 5.97 Å². The molecule has 0 aliphatic carbocycles. The molecule has 5 nitrogen and oxygen atoms in total. The van der Waals surface area contributed by atoms with Crippen LogP contribution in [0.3, 0.4) is 0 Å². The Bertz CT molecular complexity index is 174. The van der Waals surface area contributed by atoms with Crippen molar-refractivity contribution in [1.82, 2.24) is 5.32 Å². The molecule has 0 aromatic carbocycles. The molecule has 0 aliphatic rings. The third-order valence-corrected chi connectivity index (χ3v) is 1.35. The van der Waals surface area contributed by atoms with Gasteiger partial charge < -0.3 is 10.4 Å². The van der Waals surface area contributed by atoms with Crippen LogP contribution in [0.15, 0.2) is 0 Å². The summed E-state index contributed by atoms with van der Waals surface area (Å²) in [5.41, 5.74) is 0. The molecule has 0 aliphatic heterocycles. The van der Waals surface area contributed by atoms with Gasteiger partial charge in [0.05, 0.1) is 0 Å². The van der Waals surface area contributed by atoms with Crippen molar-refractivity contribution >= 4 is 12.0 Å². The summed E-state index contributed by atoms with van der Waals surface area (Å²) >= 11 is 0. The van der Waals surface area contributed by atoms with E-state index in [1.54, 1.807) is 7.05 Å². The maximum Gasteiger partial charge on any atom is 0.320 e. The van der Waals surface area contributed by atoms with E-state index in [4.69, 9.17) is 15.3 Å². The van der Waals surface area contributed by atoms with Crippen molar-refractivity contribution in [3.63, 3.8) is 0 Å². The molecule has 0 spiro atoms. The Morgan fingerprint density at radius 3 is 2.08 bits per heavy atom. The number of hydrogen-bond donors (Lipinski definition) is 3.